The summed E-state index contributed by atoms with van der Waals surface area (Å²) in [7, 11) is 1.74. The molecule has 2 heterocycles. The van der Waals surface area contributed by atoms with Gasteiger partial charge < -0.3 is 38.9 Å². The van der Waals surface area contributed by atoms with Crippen molar-refractivity contribution in [2.24, 2.45) is 22.9 Å². The number of aliphatic hydroxyl groups excluding tert-OH is 2. The summed E-state index contributed by atoms with van der Waals surface area (Å²) in [6.45, 7) is 10.6. The van der Waals surface area contributed by atoms with Crippen LogP contribution in [0.15, 0.2) is 78.0 Å². The highest BCUT2D eigenvalue weighted by Gasteiger charge is 2.65. The van der Waals surface area contributed by atoms with E-state index in [1.807, 2.05) is 49.4 Å². The molecule has 11 heteroatoms. The van der Waals surface area contributed by atoms with Crippen molar-refractivity contribution < 1.29 is 38.8 Å². The lowest BCUT2D eigenvalue weighted by Crippen LogP contribution is -2.69. The second kappa shape index (κ2) is 18.4. The summed E-state index contributed by atoms with van der Waals surface area (Å²) >= 11 is 0. The van der Waals surface area contributed by atoms with E-state index in [0.717, 1.165) is 79.9 Å². The predicted octanol–water partition coefficient (Wildman–Crippen LogP) is 6.30. The van der Waals surface area contributed by atoms with Crippen LogP contribution in [-0.2, 0) is 20.9 Å². The van der Waals surface area contributed by atoms with Gasteiger partial charge in [0.25, 0.3) is 0 Å². The molecule has 288 valence electrons. The highest BCUT2D eigenvalue weighted by atomic mass is 16.7. The van der Waals surface area contributed by atoms with Crippen LogP contribution < -0.4 is 9.47 Å². The van der Waals surface area contributed by atoms with Crippen molar-refractivity contribution in [1.29, 1.82) is 0 Å². The molecule has 6 atom stereocenters. The maximum Gasteiger partial charge on any atom is 0.410 e. The number of oxime groups is 1. The number of ether oxygens (including phenoxy) is 4. The number of unbranched alkanes of at least 4 members (excludes halogenated alkanes) is 2. The van der Waals surface area contributed by atoms with Crippen molar-refractivity contribution in [3.63, 3.8) is 0 Å². The Balaban J connectivity index is 1.48. The summed E-state index contributed by atoms with van der Waals surface area (Å²) in [6, 6.07) is 15.0. The summed E-state index contributed by atoms with van der Waals surface area (Å²) in [6.07, 6.45) is 8.76. The summed E-state index contributed by atoms with van der Waals surface area (Å²) in [4.78, 5) is 23.7. The molecular weight excluding hydrogens is 674 g/mol. The Morgan fingerprint density at radius 2 is 1.87 bits per heavy atom. The number of nitrogens with zero attached hydrogens (tertiary/aromatic N) is 3. The molecule has 6 unspecified atom stereocenters. The molecule has 11 nitrogen and oxygen atoms in total. The van der Waals surface area contributed by atoms with Crippen LogP contribution in [0, 0.1) is 17.8 Å². The number of likely N-dealkylation sites (N-methyl/N-ethyl adjacent to an activating group) is 1. The standard InChI is InChI=1S/C42H57N3O8/c1-4-24-51-42-38(44(3)41(48)50-29-30-13-7-6-8-14-30)28-36(43-52-5-2)34-26-31(15-9-11-22-46)33(16-10-12-23-47)39(40(34)42)35-27-32(17-18-37(35)53-42)49-25-21-45-19-20-45/h4,6-8,13-14,17-18,26-27,31,33,38-40,46-47H,1,5,9-12,15-16,19-25,28-29H2,2-3H3. The topological polar surface area (TPSA) is 122 Å². The van der Waals surface area contributed by atoms with Gasteiger partial charge in [0.05, 0.1) is 18.2 Å². The summed E-state index contributed by atoms with van der Waals surface area (Å²) in [5.41, 5.74) is 3.68. The zero-order chi connectivity index (χ0) is 37.2. The largest absolute Gasteiger partial charge is 0.492 e. The Bertz CT molecular complexity index is 1580. The fourth-order valence-electron chi connectivity index (χ4n) is 8.50. The molecule has 2 aliphatic carbocycles. The van der Waals surface area contributed by atoms with Crippen molar-refractivity contribution in [3.8, 4) is 11.5 Å². The van der Waals surface area contributed by atoms with E-state index >= 15 is 0 Å². The molecule has 0 spiro atoms. The van der Waals surface area contributed by atoms with Crippen LogP contribution in [0.1, 0.15) is 68.9 Å². The lowest BCUT2D eigenvalue weighted by Gasteiger charge is -2.59. The smallest absolute Gasteiger partial charge is 0.410 e. The van der Waals surface area contributed by atoms with Crippen molar-refractivity contribution in [2.75, 3.05) is 59.7 Å². The van der Waals surface area contributed by atoms with Crippen LogP contribution in [0.3, 0.4) is 0 Å². The maximum absolute atomic E-state index is 14.0. The number of fused-ring (bicyclic) bond motifs is 2. The lowest BCUT2D eigenvalue weighted by molar-refractivity contribution is -0.253. The van der Waals surface area contributed by atoms with Crippen molar-refractivity contribution in [1.82, 2.24) is 9.80 Å². The summed E-state index contributed by atoms with van der Waals surface area (Å²) in [5.74, 6) is -0.0393. The van der Waals surface area contributed by atoms with E-state index in [9.17, 15) is 15.0 Å². The quantitative estimate of drug-likeness (QED) is 0.0699. The summed E-state index contributed by atoms with van der Waals surface area (Å²) in [5, 5.41) is 24.3. The fraction of sp³-hybridized carbons (Fsp3) is 0.571. The Morgan fingerprint density at radius 3 is 2.58 bits per heavy atom. The first-order chi connectivity index (χ1) is 25.9. The second-order valence-corrected chi connectivity index (χ2v) is 14.5. The number of hydrogen-bond donors (Lipinski definition) is 2. The SMILES string of the molecule is C=CCOC12Oc3ccc(OCCN4CC4)cc3C3C(CCCCO)C(CCCCO)C=C(C(=NOCC)CC1N(C)C(=O)OCc1ccccc1)C32. The van der Waals surface area contributed by atoms with Gasteiger partial charge in [-0.1, -0.05) is 60.5 Å². The van der Waals surface area contributed by atoms with E-state index in [1.54, 1.807) is 18.0 Å². The van der Waals surface area contributed by atoms with E-state index in [1.165, 1.54) is 0 Å². The number of benzene rings is 2. The molecule has 2 aliphatic heterocycles. The van der Waals surface area contributed by atoms with Crippen molar-refractivity contribution >= 4 is 11.8 Å². The zero-order valence-corrected chi connectivity index (χ0v) is 31.4. The molecule has 2 N–H and O–H groups in total. The minimum Gasteiger partial charge on any atom is -0.492 e. The average molecular weight is 732 g/mol. The highest BCUT2D eigenvalue weighted by Crippen LogP contribution is 2.61. The number of aliphatic hydroxyl groups is 2. The van der Waals surface area contributed by atoms with Gasteiger partial charge in [-0.15, -0.1) is 6.58 Å². The van der Waals surface area contributed by atoms with Gasteiger partial charge >= 0.3 is 6.09 Å². The number of allylic oxidation sites excluding steroid dienone is 1. The third-order valence-electron chi connectivity index (χ3n) is 11.1. The van der Waals surface area contributed by atoms with E-state index in [0.29, 0.717) is 31.8 Å². The van der Waals surface area contributed by atoms with Crippen molar-refractivity contribution in [3.05, 3.63) is 84.0 Å². The van der Waals surface area contributed by atoms with Gasteiger partial charge in [0.15, 0.2) is 0 Å². The Hall–Kier alpha value is -3.90. The number of carbonyl (C=O) groups is 1. The predicted molar refractivity (Wildman–Crippen MR) is 203 cm³/mol. The van der Waals surface area contributed by atoms with Gasteiger partial charge in [-0.05, 0) is 73.8 Å². The number of rotatable bonds is 20. The molecule has 0 radical (unpaired) electrons. The van der Waals surface area contributed by atoms with Gasteiger partial charge in [-0.2, -0.15) is 0 Å². The lowest BCUT2D eigenvalue weighted by atomic mass is 9.55. The molecular formula is C42H57N3O8. The third kappa shape index (κ3) is 8.91. The van der Waals surface area contributed by atoms with Gasteiger partial charge in [-0.25, -0.2) is 4.79 Å². The Kier molecular flexibility index (Phi) is 13.5. The molecule has 2 aromatic carbocycles. The van der Waals surface area contributed by atoms with E-state index in [2.05, 4.69) is 23.6 Å². The monoisotopic (exact) mass is 731 g/mol. The van der Waals surface area contributed by atoms with Crippen molar-refractivity contribution in [2.45, 2.75) is 76.2 Å². The van der Waals surface area contributed by atoms with Gasteiger partial charge in [0, 0.05) is 57.8 Å². The molecule has 0 aromatic heterocycles. The van der Waals surface area contributed by atoms with Crippen LogP contribution in [-0.4, -0.2) is 103 Å². The first-order valence-electron chi connectivity index (χ1n) is 19.4. The minimum absolute atomic E-state index is 0.111. The normalized spacial score (nSPS) is 26.5. The van der Waals surface area contributed by atoms with Gasteiger partial charge in [0.2, 0.25) is 5.79 Å². The van der Waals surface area contributed by atoms with Crippen LogP contribution in [0.5, 0.6) is 11.5 Å². The van der Waals surface area contributed by atoms with E-state index in [4.69, 9.17) is 28.9 Å². The number of carbonyl (C=O) groups excluding carboxylic acids is 1. The number of amides is 1. The van der Waals surface area contributed by atoms with Crippen LogP contribution in [0.2, 0.25) is 0 Å². The second-order valence-electron chi connectivity index (χ2n) is 14.5. The highest BCUT2D eigenvalue weighted by molar-refractivity contribution is 6.02. The maximum atomic E-state index is 14.0. The van der Waals surface area contributed by atoms with Crippen LogP contribution in [0.4, 0.5) is 4.79 Å². The number of hydrogen-bond acceptors (Lipinski definition) is 10. The Morgan fingerprint density at radius 1 is 1.09 bits per heavy atom. The molecule has 2 fully saturated rings. The first kappa shape index (κ1) is 38.8. The molecule has 4 aliphatic rings. The molecule has 6 rings (SSSR count). The molecule has 1 amide bonds. The molecule has 1 saturated carbocycles. The van der Waals surface area contributed by atoms with Gasteiger partial charge in [-0.3, -0.25) is 4.90 Å². The zero-order valence-electron chi connectivity index (χ0n) is 31.4. The van der Waals surface area contributed by atoms with Crippen LogP contribution in [0.25, 0.3) is 0 Å². The minimum atomic E-state index is -1.32. The summed E-state index contributed by atoms with van der Waals surface area (Å²) < 4.78 is 26.3. The molecule has 2 aromatic rings. The molecule has 1 saturated heterocycles. The molecule has 0 bridgehead atoms. The van der Waals surface area contributed by atoms with E-state index < -0.39 is 17.9 Å². The van der Waals surface area contributed by atoms with Gasteiger partial charge in [0.1, 0.15) is 37.4 Å². The third-order valence-corrected chi connectivity index (χ3v) is 11.1. The first-order valence-corrected chi connectivity index (χ1v) is 19.4. The fourth-order valence-corrected chi connectivity index (χ4v) is 8.50. The van der Waals surface area contributed by atoms with Crippen LogP contribution >= 0.6 is 0 Å². The Labute approximate surface area is 314 Å². The molecule has 53 heavy (non-hydrogen) atoms. The average Bonchev–Trinajstić information content (AvgIpc) is 4.01. The van der Waals surface area contributed by atoms with E-state index in [-0.39, 0.29) is 50.1 Å².